The largest absolute Gasteiger partial charge is 0.465 e. The van der Waals surface area contributed by atoms with E-state index in [4.69, 9.17) is 9.84 Å². The monoisotopic (exact) mass is 199 g/mol. The van der Waals surface area contributed by atoms with Crippen LogP contribution in [0.25, 0.3) is 0 Å². The summed E-state index contributed by atoms with van der Waals surface area (Å²) in [5, 5.41) is 8.87. The average Bonchev–Trinajstić information content (AvgIpc) is 2.82. The van der Waals surface area contributed by atoms with Gasteiger partial charge in [0.05, 0.1) is 12.6 Å². The lowest BCUT2D eigenvalue weighted by atomic mass is 10.2. The van der Waals surface area contributed by atoms with Crippen LogP contribution in [0.1, 0.15) is 25.7 Å². The van der Waals surface area contributed by atoms with E-state index in [1.165, 1.54) is 17.7 Å². The van der Waals surface area contributed by atoms with Crippen molar-refractivity contribution in [1.82, 2.24) is 4.90 Å². The molecule has 0 spiro atoms. The maximum absolute atomic E-state index is 10.8. The third-order valence-corrected chi connectivity index (χ3v) is 2.98. The third kappa shape index (κ3) is 2.38. The zero-order valence-electron chi connectivity index (χ0n) is 8.32. The van der Waals surface area contributed by atoms with Crippen LogP contribution in [0.5, 0.6) is 0 Å². The van der Waals surface area contributed by atoms with E-state index in [1.54, 1.807) is 0 Å². The van der Waals surface area contributed by atoms with Gasteiger partial charge in [0.25, 0.3) is 0 Å². The van der Waals surface area contributed by atoms with E-state index in [0.29, 0.717) is 13.2 Å². The lowest BCUT2D eigenvalue weighted by Crippen LogP contribution is -2.37. The minimum absolute atomic E-state index is 0.103. The minimum atomic E-state index is -0.803. The summed E-state index contributed by atoms with van der Waals surface area (Å²) in [5.41, 5.74) is 0. The predicted octanol–water partition coefficient (Wildman–Crippen LogP) is 1.56. The Hall–Kier alpha value is -0.770. The summed E-state index contributed by atoms with van der Waals surface area (Å²) >= 11 is 0. The Morgan fingerprint density at radius 2 is 2.14 bits per heavy atom. The van der Waals surface area contributed by atoms with E-state index >= 15 is 0 Å². The van der Waals surface area contributed by atoms with E-state index < -0.39 is 6.09 Å². The highest BCUT2D eigenvalue weighted by atomic mass is 16.5. The molecule has 2 aliphatic rings. The molecule has 1 heterocycles. The van der Waals surface area contributed by atoms with E-state index in [0.717, 1.165) is 25.4 Å². The summed E-state index contributed by atoms with van der Waals surface area (Å²) in [4.78, 5) is 12.3. The summed E-state index contributed by atoms with van der Waals surface area (Å²) in [5.74, 6) is 0.759. The quantitative estimate of drug-likeness (QED) is 0.747. The fourth-order valence-electron chi connectivity index (χ4n) is 1.92. The van der Waals surface area contributed by atoms with E-state index in [-0.39, 0.29) is 6.04 Å². The van der Waals surface area contributed by atoms with Gasteiger partial charge in [0.1, 0.15) is 0 Å². The number of rotatable bonds is 4. The van der Waals surface area contributed by atoms with Crippen LogP contribution in [0.4, 0.5) is 4.79 Å². The third-order valence-electron chi connectivity index (χ3n) is 2.98. The van der Waals surface area contributed by atoms with Crippen LogP contribution in [0.2, 0.25) is 0 Å². The minimum Gasteiger partial charge on any atom is -0.465 e. The van der Waals surface area contributed by atoms with Crippen molar-refractivity contribution < 1.29 is 14.6 Å². The molecule has 0 radical (unpaired) electrons. The first-order chi connectivity index (χ1) is 6.77. The van der Waals surface area contributed by atoms with Crippen LogP contribution in [-0.4, -0.2) is 41.9 Å². The summed E-state index contributed by atoms with van der Waals surface area (Å²) in [6.07, 6.45) is 3.70. The molecule has 1 amide bonds. The number of ether oxygens (including phenoxy) is 1. The molecule has 0 bridgehead atoms. The first-order valence-electron chi connectivity index (χ1n) is 5.34. The van der Waals surface area contributed by atoms with Gasteiger partial charge in [-0.05, 0) is 31.6 Å². The molecule has 0 aromatic heterocycles. The Balaban J connectivity index is 1.69. The molecule has 0 aromatic rings. The van der Waals surface area contributed by atoms with Crippen molar-refractivity contribution in [1.29, 1.82) is 0 Å². The summed E-state index contributed by atoms with van der Waals surface area (Å²) in [6, 6.07) is 0.103. The Bertz CT molecular complexity index is 215. The first-order valence-corrected chi connectivity index (χ1v) is 5.34. The van der Waals surface area contributed by atoms with Crippen LogP contribution in [0, 0.1) is 5.92 Å². The second-order valence-corrected chi connectivity index (χ2v) is 4.25. The lowest BCUT2D eigenvalue weighted by Gasteiger charge is -2.21. The van der Waals surface area contributed by atoms with Crippen LogP contribution < -0.4 is 0 Å². The zero-order valence-corrected chi connectivity index (χ0v) is 8.32. The molecule has 1 atom stereocenters. The number of amides is 1. The van der Waals surface area contributed by atoms with Crippen molar-refractivity contribution in [2.75, 3.05) is 19.8 Å². The summed E-state index contributed by atoms with van der Waals surface area (Å²) in [7, 11) is 0. The highest BCUT2D eigenvalue weighted by Crippen LogP contribution is 2.29. The van der Waals surface area contributed by atoms with Crippen molar-refractivity contribution in [3.8, 4) is 0 Å². The second kappa shape index (κ2) is 4.17. The smallest absolute Gasteiger partial charge is 0.407 e. The molecule has 1 aliphatic carbocycles. The highest BCUT2D eigenvalue weighted by molar-refractivity contribution is 5.65. The molecule has 14 heavy (non-hydrogen) atoms. The van der Waals surface area contributed by atoms with Crippen molar-refractivity contribution in [2.24, 2.45) is 5.92 Å². The van der Waals surface area contributed by atoms with Crippen LogP contribution >= 0.6 is 0 Å². The van der Waals surface area contributed by atoms with Crippen molar-refractivity contribution in [3.05, 3.63) is 0 Å². The van der Waals surface area contributed by atoms with E-state index in [9.17, 15) is 4.79 Å². The van der Waals surface area contributed by atoms with Gasteiger partial charge in [-0.15, -0.1) is 0 Å². The van der Waals surface area contributed by atoms with Gasteiger partial charge >= 0.3 is 6.09 Å². The normalized spacial score (nSPS) is 26.9. The van der Waals surface area contributed by atoms with Gasteiger partial charge in [-0.3, -0.25) is 0 Å². The van der Waals surface area contributed by atoms with Gasteiger partial charge in [0.15, 0.2) is 0 Å². The lowest BCUT2D eigenvalue weighted by molar-refractivity contribution is 0.0676. The number of hydrogen-bond acceptors (Lipinski definition) is 2. The topological polar surface area (TPSA) is 49.8 Å². The number of nitrogens with zero attached hydrogens (tertiary/aromatic N) is 1. The number of carboxylic acid groups (broad SMARTS) is 1. The van der Waals surface area contributed by atoms with Crippen LogP contribution in [-0.2, 0) is 4.74 Å². The van der Waals surface area contributed by atoms with Crippen molar-refractivity contribution in [2.45, 2.75) is 31.7 Å². The fraction of sp³-hybridized carbons (Fsp3) is 0.900. The molecule has 2 fully saturated rings. The Morgan fingerprint density at radius 3 is 2.79 bits per heavy atom. The van der Waals surface area contributed by atoms with Crippen LogP contribution in [0.3, 0.4) is 0 Å². The van der Waals surface area contributed by atoms with Gasteiger partial charge < -0.3 is 14.7 Å². The van der Waals surface area contributed by atoms with Crippen molar-refractivity contribution >= 4 is 6.09 Å². The molecule has 1 N–H and O–H groups in total. The second-order valence-electron chi connectivity index (χ2n) is 4.25. The zero-order chi connectivity index (χ0) is 9.97. The highest BCUT2D eigenvalue weighted by Gasteiger charge is 2.29. The molecule has 80 valence electrons. The van der Waals surface area contributed by atoms with Gasteiger partial charge in [0.2, 0.25) is 0 Å². The first kappa shape index (κ1) is 9.77. The maximum Gasteiger partial charge on any atom is 0.407 e. The number of hydrogen-bond donors (Lipinski definition) is 1. The van der Waals surface area contributed by atoms with E-state index in [2.05, 4.69) is 0 Å². The molecule has 1 saturated carbocycles. The molecule has 2 rings (SSSR count). The maximum atomic E-state index is 10.8. The molecule has 0 aromatic carbocycles. The number of carbonyl (C=O) groups is 1. The standard InChI is InChI=1S/C10H17NO3/c12-10(13)11-5-1-2-9(11)7-14-6-8-3-4-8/h8-9H,1-7H2,(H,12,13). The number of likely N-dealkylation sites (tertiary alicyclic amines) is 1. The molecular formula is C10H17NO3. The fourth-order valence-corrected chi connectivity index (χ4v) is 1.92. The van der Waals surface area contributed by atoms with Crippen LogP contribution in [0.15, 0.2) is 0 Å². The molecule has 4 heteroatoms. The molecule has 1 aliphatic heterocycles. The predicted molar refractivity (Wildman–Crippen MR) is 51.3 cm³/mol. The average molecular weight is 199 g/mol. The summed E-state index contributed by atoms with van der Waals surface area (Å²) < 4.78 is 5.52. The van der Waals surface area contributed by atoms with E-state index in [1.807, 2.05) is 0 Å². The molecule has 1 saturated heterocycles. The Kier molecular flexibility index (Phi) is 2.91. The summed E-state index contributed by atoms with van der Waals surface area (Å²) in [6.45, 7) is 2.08. The SMILES string of the molecule is O=C(O)N1CCCC1COCC1CC1. The Morgan fingerprint density at radius 1 is 1.36 bits per heavy atom. The molecule has 4 nitrogen and oxygen atoms in total. The molecule has 1 unspecified atom stereocenters. The molecular weight excluding hydrogens is 182 g/mol. The van der Waals surface area contributed by atoms with Gasteiger partial charge in [-0.1, -0.05) is 0 Å². The van der Waals surface area contributed by atoms with Gasteiger partial charge in [-0.25, -0.2) is 4.79 Å². The van der Waals surface area contributed by atoms with Crippen molar-refractivity contribution in [3.63, 3.8) is 0 Å². The van der Waals surface area contributed by atoms with Gasteiger partial charge in [-0.2, -0.15) is 0 Å². The Labute approximate surface area is 83.8 Å². The van der Waals surface area contributed by atoms with Gasteiger partial charge in [0, 0.05) is 13.2 Å².